The van der Waals surface area contributed by atoms with Gasteiger partial charge in [-0.1, -0.05) is 144 Å². The fourth-order valence-electron chi connectivity index (χ4n) is 9.59. The van der Waals surface area contributed by atoms with E-state index in [1.165, 1.54) is 145 Å². The Hall–Kier alpha value is -2.78. The Morgan fingerprint density at radius 1 is 0.480 bits per heavy atom. The molecular weight excluding hydrogens is 601 g/mol. The standard InChI is InChI=1S/C28H36.C22H34/c1-3-5-7-24-8-10-25(11-9-24)12-13-26-16-20-28(21-17-26)22-27-18-14-23(6-4-2)15-19-27;1-3-4-18-7-11-20(12-8-18)22-15-13-21(14-16-22)19-9-5-17(2)6-10-19/h8-11,16-17,20-21,23,27H,3-7,14-15,18-19,22H2,1-2H3;5-6,9-10,18,20-22H,3-4,7-8,11-16H2,1-2H3. The second-order valence-corrected chi connectivity index (χ2v) is 16.7. The molecule has 6 rings (SSSR count). The van der Waals surface area contributed by atoms with E-state index in [1.807, 2.05) is 0 Å². The zero-order chi connectivity index (χ0) is 35.0. The molecule has 0 aliphatic heterocycles. The van der Waals surface area contributed by atoms with E-state index < -0.39 is 0 Å². The highest BCUT2D eigenvalue weighted by molar-refractivity contribution is 5.44. The van der Waals surface area contributed by atoms with E-state index in [0.717, 1.165) is 46.6 Å². The van der Waals surface area contributed by atoms with E-state index in [4.69, 9.17) is 0 Å². The topological polar surface area (TPSA) is 0 Å². The molecular formula is C50H70. The summed E-state index contributed by atoms with van der Waals surface area (Å²) in [6.45, 7) is 9.09. The van der Waals surface area contributed by atoms with Crippen LogP contribution in [0.1, 0.15) is 176 Å². The van der Waals surface area contributed by atoms with Crippen LogP contribution >= 0.6 is 0 Å². The molecule has 3 saturated carbocycles. The van der Waals surface area contributed by atoms with Gasteiger partial charge in [0, 0.05) is 11.1 Å². The minimum absolute atomic E-state index is 0.841. The van der Waals surface area contributed by atoms with E-state index >= 15 is 0 Å². The summed E-state index contributed by atoms with van der Waals surface area (Å²) in [7, 11) is 0. The number of benzene rings is 3. The summed E-state index contributed by atoms with van der Waals surface area (Å²) in [6, 6.07) is 27.0. The number of unbranched alkanes of at least 4 members (excludes halogenated alkanes) is 1. The van der Waals surface area contributed by atoms with Gasteiger partial charge in [0.1, 0.15) is 0 Å². The van der Waals surface area contributed by atoms with Crippen molar-refractivity contribution in [3.63, 3.8) is 0 Å². The fourth-order valence-corrected chi connectivity index (χ4v) is 9.59. The Morgan fingerprint density at radius 3 is 1.44 bits per heavy atom. The highest BCUT2D eigenvalue weighted by Gasteiger charge is 2.31. The van der Waals surface area contributed by atoms with Crippen LogP contribution in [0, 0.1) is 48.4 Å². The van der Waals surface area contributed by atoms with Gasteiger partial charge in [-0.2, -0.15) is 0 Å². The lowest BCUT2D eigenvalue weighted by atomic mass is 9.68. The molecule has 0 heterocycles. The molecule has 0 aromatic heterocycles. The van der Waals surface area contributed by atoms with Crippen molar-refractivity contribution >= 4 is 0 Å². The molecule has 0 nitrogen and oxygen atoms in total. The normalized spacial score (nSPS) is 25.1. The van der Waals surface area contributed by atoms with Crippen LogP contribution in [0.25, 0.3) is 0 Å². The molecule has 0 spiro atoms. The predicted octanol–water partition coefficient (Wildman–Crippen LogP) is 14.5. The van der Waals surface area contributed by atoms with Crippen LogP contribution in [0.5, 0.6) is 0 Å². The summed E-state index contributed by atoms with van der Waals surface area (Å²) < 4.78 is 0. The van der Waals surface area contributed by atoms with Crippen molar-refractivity contribution in [3.05, 3.63) is 106 Å². The summed E-state index contributed by atoms with van der Waals surface area (Å²) in [4.78, 5) is 0. The molecule has 0 atom stereocenters. The quantitative estimate of drug-likeness (QED) is 0.178. The molecule has 0 bridgehead atoms. The molecule has 0 unspecified atom stereocenters. The molecule has 0 heteroatoms. The number of hydrogen-bond acceptors (Lipinski definition) is 0. The van der Waals surface area contributed by atoms with Crippen molar-refractivity contribution in [1.29, 1.82) is 0 Å². The maximum absolute atomic E-state index is 3.32. The SMILES string of the molecule is CCCC1CCC(C2CCC(c3ccc(C)cc3)CC2)CC1.CCCCc1ccc(C#Cc2ccc(CC3CCC(CCC)CC3)cc2)cc1. The molecule has 0 amide bonds. The Kier molecular flexibility index (Phi) is 16.1. The van der Waals surface area contributed by atoms with Crippen LogP contribution in [0.3, 0.4) is 0 Å². The minimum Gasteiger partial charge on any atom is -0.0654 e. The zero-order valence-corrected chi connectivity index (χ0v) is 32.5. The Balaban J connectivity index is 0.000000200. The second kappa shape index (κ2) is 20.9. The fraction of sp³-hybridized carbons (Fsp3) is 0.600. The molecule has 3 aliphatic carbocycles. The van der Waals surface area contributed by atoms with Crippen molar-refractivity contribution in [3.8, 4) is 11.8 Å². The van der Waals surface area contributed by atoms with Crippen molar-refractivity contribution in [2.24, 2.45) is 29.6 Å². The van der Waals surface area contributed by atoms with Crippen LogP contribution in [0.4, 0.5) is 0 Å². The predicted molar refractivity (Wildman–Crippen MR) is 218 cm³/mol. The lowest BCUT2D eigenvalue weighted by Gasteiger charge is -2.38. The first-order chi connectivity index (χ1) is 24.5. The van der Waals surface area contributed by atoms with Gasteiger partial charge in [0.2, 0.25) is 0 Å². The summed E-state index contributed by atoms with van der Waals surface area (Å²) in [5, 5.41) is 0. The summed E-state index contributed by atoms with van der Waals surface area (Å²) in [5.74, 6) is 12.5. The summed E-state index contributed by atoms with van der Waals surface area (Å²) in [5.41, 5.74) is 8.10. The van der Waals surface area contributed by atoms with Gasteiger partial charge in [0.25, 0.3) is 0 Å². The monoisotopic (exact) mass is 671 g/mol. The van der Waals surface area contributed by atoms with Gasteiger partial charge in [0.15, 0.2) is 0 Å². The van der Waals surface area contributed by atoms with Gasteiger partial charge in [-0.05, 0) is 154 Å². The number of rotatable bonds is 11. The Labute approximate surface area is 308 Å². The van der Waals surface area contributed by atoms with E-state index in [-0.39, 0.29) is 0 Å². The average molecular weight is 671 g/mol. The first-order valence-corrected chi connectivity index (χ1v) is 21.3. The maximum Gasteiger partial charge on any atom is 0.0249 e. The van der Waals surface area contributed by atoms with Gasteiger partial charge in [-0.15, -0.1) is 0 Å². The first kappa shape index (κ1) is 38.5. The molecule has 50 heavy (non-hydrogen) atoms. The molecule has 3 aromatic rings. The average Bonchev–Trinajstić information content (AvgIpc) is 3.16. The largest absolute Gasteiger partial charge is 0.0654 e. The van der Waals surface area contributed by atoms with Gasteiger partial charge < -0.3 is 0 Å². The second-order valence-electron chi connectivity index (χ2n) is 16.7. The molecule has 270 valence electrons. The molecule has 0 N–H and O–H groups in total. The Bertz CT molecular complexity index is 1390. The van der Waals surface area contributed by atoms with E-state index in [2.05, 4.69) is 112 Å². The van der Waals surface area contributed by atoms with Crippen LogP contribution in [-0.2, 0) is 12.8 Å². The molecule has 3 aromatic carbocycles. The summed E-state index contributed by atoms with van der Waals surface area (Å²) >= 11 is 0. The van der Waals surface area contributed by atoms with E-state index in [9.17, 15) is 0 Å². The third-order valence-corrected chi connectivity index (χ3v) is 12.8. The smallest absolute Gasteiger partial charge is 0.0249 e. The van der Waals surface area contributed by atoms with Crippen LogP contribution in [0.15, 0.2) is 72.8 Å². The highest BCUT2D eigenvalue weighted by Crippen LogP contribution is 2.44. The zero-order valence-electron chi connectivity index (χ0n) is 32.5. The first-order valence-electron chi connectivity index (χ1n) is 21.3. The Morgan fingerprint density at radius 2 is 0.940 bits per heavy atom. The van der Waals surface area contributed by atoms with Crippen molar-refractivity contribution in [1.82, 2.24) is 0 Å². The van der Waals surface area contributed by atoms with E-state index in [1.54, 1.807) is 5.56 Å². The van der Waals surface area contributed by atoms with Gasteiger partial charge >= 0.3 is 0 Å². The van der Waals surface area contributed by atoms with Crippen LogP contribution < -0.4 is 0 Å². The van der Waals surface area contributed by atoms with Crippen molar-refractivity contribution in [2.45, 2.75) is 162 Å². The lowest BCUT2D eigenvalue weighted by Crippen LogP contribution is -2.25. The van der Waals surface area contributed by atoms with E-state index in [0.29, 0.717) is 0 Å². The molecule has 3 aliphatic rings. The lowest BCUT2D eigenvalue weighted by molar-refractivity contribution is 0.156. The van der Waals surface area contributed by atoms with Gasteiger partial charge in [0.05, 0.1) is 0 Å². The van der Waals surface area contributed by atoms with Gasteiger partial charge in [-0.25, -0.2) is 0 Å². The van der Waals surface area contributed by atoms with Crippen molar-refractivity contribution in [2.75, 3.05) is 0 Å². The highest BCUT2D eigenvalue weighted by atomic mass is 14.4. The third kappa shape index (κ3) is 12.5. The third-order valence-electron chi connectivity index (χ3n) is 12.8. The summed E-state index contributed by atoms with van der Waals surface area (Å²) in [6.07, 6.45) is 28.2. The minimum atomic E-state index is 0.841. The van der Waals surface area contributed by atoms with Crippen molar-refractivity contribution < 1.29 is 0 Å². The number of aryl methyl sites for hydroxylation is 2. The molecule has 0 saturated heterocycles. The molecule has 0 radical (unpaired) electrons. The maximum atomic E-state index is 3.32. The van der Waals surface area contributed by atoms with Crippen LogP contribution in [-0.4, -0.2) is 0 Å². The molecule has 3 fully saturated rings. The van der Waals surface area contributed by atoms with Gasteiger partial charge in [-0.3, -0.25) is 0 Å². The number of hydrogen-bond donors (Lipinski definition) is 0. The van der Waals surface area contributed by atoms with Crippen LogP contribution in [0.2, 0.25) is 0 Å².